The summed E-state index contributed by atoms with van der Waals surface area (Å²) in [7, 11) is 0. The molecule has 0 radical (unpaired) electrons. The second-order valence-electron chi connectivity index (χ2n) is 6.95. The van der Waals surface area contributed by atoms with Crippen LogP contribution >= 0.6 is 0 Å². The molecule has 0 spiro atoms. The van der Waals surface area contributed by atoms with Crippen LogP contribution in [0.2, 0.25) is 0 Å². The smallest absolute Gasteiger partial charge is 0.272 e. The molecule has 4 heterocycles. The molecule has 1 N–H and O–H groups in total. The quantitative estimate of drug-likeness (QED) is 0.739. The van der Waals surface area contributed by atoms with Gasteiger partial charge in [0.15, 0.2) is 0 Å². The molecule has 1 aliphatic rings. The van der Waals surface area contributed by atoms with Gasteiger partial charge in [0.1, 0.15) is 23.7 Å². The first-order chi connectivity index (χ1) is 13.8. The fraction of sp³-hybridized carbons (Fsp3) is 0.286. The molecule has 0 aromatic carbocycles. The minimum Gasteiger partial charge on any atom is -0.337 e. The van der Waals surface area contributed by atoms with Gasteiger partial charge in [-0.3, -0.25) is 4.79 Å². The Bertz CT molecular complexity index is 918. The molecule has 0 unspecified atom stereocenters. The lowest BCUT2D eigenvalue weighted by Gasteiger charge is -2.32. The van der Waals surface area contributed by atoms with E-state index >= 15 is 0 Å². The van der Waals surface area contributed by atoms with E-state index in [9.17, 15) is 4.79 Å². The lowest BCUT2D eigenvalue weighted by atomic mass is 9.91. The highest BCUT2D eigenvalue weighted by Gasteiger charge is 2.25. The van der Waals surface area contributed by atoms with Crippen LogP contribution in [0.5, 0.6) is 0 Å². The third-order valence-electron chi connectivity index (χ3n) is 4.88. The molecule has 0 saturated carbocycles. The summed E-state index contributed by atoms with van der Waals surface area (Å²) in [5, 5.41) is 3.23. The molecule has 28 heavy (non-hydrogen) atoms. The second kappa shape index (κ2) is 8.56. The van der Waals surface area contributed by atoms with Crippen LogP contribution in [-0.2, 0) is 6.42 Å². The molecule has 1 aliphatic heterocycles. The highest BCUT2D eigenvalue weighted by Crippen LogP contribution is 2.23. The standard InChI is InChI=1S/C21H22N6O/c28-21(18-7-9-22-15-25-18)27-11-3-4-17(14-27)12-16-6-10-24-20(13-16)26-19-5-1-2-8-23-19/h1-2,5-10,13,15,17H,3-4,11-12,14H2,(H,23,24,26)/t17-/m1/s1. The van der Waals surface area contributed by atoms with Crippen molar-refractivity contribution in [3.63, 3.8) is 0 Å². The van der Waals surface area contributed by atoms with E-state index in [1.165, 1.54) is 11.9 Å². The van der Waals surface area contributed by atoms with E-state index in [1.54, 1.807) is 18.5 Å². The third kappa shape index (κ3) is 4.49. The maximum Gasteiger partial charge on any atom is 0.272 e. The molecule has 0 bridgehead atoms. The summed E-state index contributed by atoms with van der Waals surface area (Å²) in [6.07, 6.45) is 9.61. The molecule has 1 fully saturated rings. The highest BCUT2D eigenvalue weighted by atomic mass is 16.2. The van der Waals surface area contributed by atoms with Gasteiger partial charge in [-0.25, -0.2) is 19.9 Å². The number of nitrogens with one attached hydrogen (secondary N) is 1. The molecule has 142 valence electrons. The predicted molar refractivity (Wildman–Crippen MR) is 106 cm³/mol. The first kappa shape index (κ1) is 18.0. The summed E-state index contributed by atoms with van der Waals surface area (Å²) in [5.41, 5.74) is 1.66. The van der Waals surface area contributed by atoms with Gasteiger partial charge in [-0.1, -0.05) is 6.07 Å². The van der Waals surface area contributed by atoms with Crippen LogP contribution in [-0.4, -0.2) is 43.8 Å². The SMILES string of the molecule is O=C(c1ccncn1)N1CCC[C@H](Cc2ccnc(Nc3ccccn3)c2)C1. The van der Waals surface area contributed by atoms with Crippen LogP contribution in [0.25, 0.3) is 0 Å². The number of amides is 1. The Balaban J connectivity index is 1.40. The first-order valence-electron chi connectivity index (χ1n) is 9.46. The van der Waals surface area contributed by atoms with Gasteiger partial charge in [-0.05, 0) is 61.1 Å². The van der Waals surface area contributed by atoms with E-state index in [-0.39, 0.29) is 5.91 Å². The van der Waals surface area contributed by atoms with Gasteiger partial charge >= 0.3 is 0 Å². The molecule has 4 rings (SSSR count). The predicted octanol–water partition coefficient (Wildman–Crippen LogP) is 3.11. The van der Waals surface area contributed by atoms with Gasteiger partial charge in [0, 0.05) is 31.7 Å². The fourth-order valence-electron chi connectivity index (χ4n) is 3.57. The van der Waals surface area contributed by atoms with Crippen molar-refractivity contribution in [1.29, 1.82) is 0 Å². The normalized spacial score (nSPS) is 16.6. The monoisotopic (exact) mass is 374 g/mol. The summed E-state index contributed by atoms with van der Waals surface area (Å²) in [6.45, 7) is 1.52. The topological polar surface area (TPSA) is 83.9 Å². The van der Waals surface area contributed by atoms with Gasteiger partial charge in [0.2, 0.25) is 0 Å². The number of carbonyl (C=O) groups excluding carboxylic acids is 1. The Morgan fingerprint density at radius 3 is 2.82 bits per heavy atom. The van der Waals surface area contributed by atoms with Gasteiger partial charge in [0.05, 0.1) is 0 Å². The average Bonchev–Trinajstić information content (AvgIpc) is 2.75. The molecule has 3 aromatic rings. The minimum absolute atomic E-state index is 0.0145. The van der Waals surface area contributed by atoms with Crippen LogP contribution < -0.4 is 5.32 Å². The summed E-state index contributed by atoms with van der Waals surface area (Å²) >= 11 is 0. The molecule has 1 saturated heterocycles. The number of rotatable bonds is 5. The molecule has 0 aliphatic carbocycles. The van der Waals surface area contributed by atoms with Crippen LogP contribution in [0, 0.1) is 5.92 Å². The number of likely N-dealkylation sites (tertiary alicyclic amines) is 1. The van der Waals surface area contributed by atoms with Gasteiger partial charge < -0.3 is 10.2 Å². The molecule has 3 aromatic heterocycles. The van der Waals surface area contributed by atoms with Crippen LogP contribution in [0.3, 0.4) is 0 Å². The first-order valence-corrected chi connectivity index (χ1v) is 9.46. The van der Waals surface area contributed by atoms with Gasteiger partial charge in [0.25, 0.3) is 5.91 Å². The van der Waals surface area contributed by atoms with Crippen molar-refractivity contribution < 1.29 is 4.79 Å². The molecule has 1 atom stereocenters. The number of hydrogen-bond donors (Lipinski definition) is 1. The number of piperidine rings is 1. The molecule has 1 amide bonds. The number of aromatic nitrogens is 4. The van der Waals surface area contributed by atoms with E-state index in [2.05, 4.69) is 31.3 Å². The van der Waals surface area contributed by atoms with E-state index < -0.39 is 0 Å². The zero-order valence-electron chi connectivity index (χ0n) is 15.5. The van der Waals surface area contributed by atoms with E-state index in [0.29, 0.717) is 11.6 Å². The van der Waals surface area contributed by atoms with Crippen LogP contribution in [0.4, 0.5) is 11.6 Å². The number of carbonyl (C=O) groups is 1. The van der Waals surface area contributed by atoms with E-state index in [1.807, 2.05) is 35.4 Å². The highest BCUT2D eigenvalue weighted by molar-refractivity contribution is 5.92. The minimum atomic E-state index is -0.0145. The van der Waals surface area contributed by atoms with Crippen LogP contribution in [0.1, 0.15) is 28.9 Å². The van der Waals surface area contributed by atoms with Crippen molar-refractivity contribution in [3.05, 3.63) is 72.6 Å². The average molecular weight is 374 g/mol. The fourth-order valence-corrected chi connectivity index (χ4v) is 3.57. The number of anilines is 2. The van der Waals surface area contributed by atoms with Crippen molar-refractivity contribution in [2.75, 3.05) is 18.4 Å². The number of pyridine rings is 2. The Kier molecular flexibility index (Phi) is 5.51. The number of hydrogen-bond acceptors (Lipinski definition) is 6. The maximum absolute atomic E-state index is 12.7. The summed E-state index contributed by atoms with van der Waals surface area (Å²) < 4.78 is 0. The Morgan fingerprint density at radius 2 is 2.00 bits per heavy atom. The van der Waals surface area contributed by atoms with Crippen molar-refractivity contribution in [2.45, 2.75) is 19.3 Å². The molecule has 7 heteroatoms. The van der Waals surface area contributed by atoms with E-state index in [0.717, 1.165) is 44.0 Å². The van der Waals surface area contributed by atoms with E-state index in [4.69, 9.17) is 0 Å². The summed E-state index contributed by atoms with van der Waals surface area (Å²) in [6, 6.07) is 11.5. The Morgan fingerprint density at radius 1 is 1.07 bits per heavy atom. The third-order valence-corrected chi connectivity index (χ3v) is 4.88. The van der Waals surface area contributed by atoms with Crippen molar-refractivity contribution in [1.82, 2.24) is 24.8 Å². The molecular weight excluding hydrogens is 352 g/mol. The van der Waals surface area contributed by atoms with Crippen molar-refractivity contribution in [2.24, 2.45) is 5.92 Å². The molecular formula is C21H22N6O. The Labute approximate surface area is 163 Å². The van der Waals surface area contributed by atoms with Gasteiger partial charge in [-0.2, -0.15) is 0 Å². The Hall–Kier alpha value is -3.35. The summed E-state index contributed by atoms with van der Waals surface area (Å²) in [4.78, 5) is 31.2. The second-order valence-corrected chi connectivity index (χ2v) is 6.95. The summed E-state index contributed by atoms with van der Waals surface area (Å²) in [5.74, 6) is 1.95. The lowest BCUT2D eigenvalue weighted by molar-refractivity contribution is 0.0667. The van der Waals surface area contributed by atoms with Crippen molar-refractivity contribution >= 4 is 17.5 Å². The van der Waals surface area contributed by atoms with Crippen LogP contribution in [0.15, 0.2) is 61.3 Å². The van der Waals surface area contributed by atoms with Crippen molar-refractivity contribution in [3.8, 4) is 0 Å². The lowest BCUT2D eigenvalue weighted by Crippen LogP contribution is -2.40. The van der Waals surface area contributed by atoms with Gasteiger partial charge in [-0.15, -0.1) is 0 Å². The maximum atomic E-state index is 12.7. The number of nitrogens with zero attached hydrogens (tertiary/aromatic N) is 5. The zero-order chi connectivity index (χ0) is 19.2. The largest absolute Gasteiger partial charge is 0.337 e. The zero-order valence-corrected chi connectivity index (χ0v) is 15.5. The molecule has 7 nitrogen and oxygen atoms in total.